The summed E-state index contributed by atoms with van der Waals surface area (Å²) >= 11 is 0. The monoisotopic (exact) mass is 270 g/mol. The molecule has 100 valence electrons. The minimum absolute atomic E-state index is 0.0665. The third-order valence-electron chi connectivity index (χ3n) is 3.45. The van der Waals surface area contributed by atoms with Crippen molar-refractivity contribution in [1.82, 2.24) is 0 Å². The van der Waals surface area contributed by atoms with Gasteiger partial charge in [0.05, 0.1) is 5.75 Å². The minimum Gasteiger partial charge on any atom is -0.475 e. The Morgan fingerprint density at radius 3 is 2.67 bits per heavy atom. The molecular formula is C13H18O4S. The van der Waals surface area contributed by atoms with Crippen molar-refractivity contribution in [2.24, 2.45) is 0 Å². The van der Waals surface area contributed by atoms with Crippen molar-refractivity contribution in [3.63, 3.8) is 0 Å². The Kier molecular flexibility index (Phi) is 4.22. The average molecular weight is 270 g/mol. The Balaban J connectivity index is 2.04. The lowest BCUT2D eigenvalue weighted by molar-refractivity contribution is 0.0661. The van der Waals surface area contributed by atoms with Crippen LogP contribution in [0.5, 0.6) is 0 Å². The van der Waals surface area contributed by atoms with Crippen molar-refractivity contribution in [1.29, 1.82) is 0 Å². The number of carboxylic acids is 1. The highest BCUT2D eigenvalue weighted by Crippen LogP contribution is 2.25. The van der Waals surface area contributed by atoms with E-state index >= 15 is 0 Å². The molecule has 4 nitrogen and oxygen atoms in total. The Labute approximate surface area is 109 Å². The van der Waals surface area contributed by atoms with E-state index in [2.05, 4.69) is 0 Å². The van der Waals surface area contributed by atoms with Gasteiger partial charge in [0.1, 0.15) is 5.76 Å². The number of aromatic carboxylic acids is 1. The van der Waals surface area contributed by atoms with E-state index in [1.54, 1.807) is 6.92 Å². The summed E-state index contributed by atoms with van der Waals surface area (Å²) in [5.41, 5.74) is 0.760. The second-order valence-corrected chi connectivity index (χ2v) is 6.50. The number of carboxylic acid groups (broad SMARTS) is 1. The Morgan fingerprint density at radius 2 is 2.11 bits per heavy atom. The van der Waals surface area contributed by atoms with Crippen LogP contribution in [0.1, 0.15) is 54.0 Å². The molecule has 1 aliphatic rings. The SMILES string of the molecule is Cc1oc(C(=O)O)cc1CS(=O)C1CCCCC1. The first-order chi connectivity index (χ1) is 8.58. The molecule has 1 heterocycles. The van der Waals surface area contributed by atoms with Crippen LogP contribution in [0.15, 0.2) is 10.5 Å². The molecule has 1 aromatic heterocycles. The van der Waals surface area contributed by atoms with Crippen LogP contribution in [0.4, 0.5) is 0 Å². The summed E-state index contributed by atoms with van der Waals surface area (Å²) < 4.78 is 17.4. The predicted octanol–water partition coefficient (Wildman–Crippen LogP) is 2.87. The van der Waals surface area contributed by atoms with Crippen molar-refractivity contribution in [2.45, 2.75) is 50.0 Å². The molecule has 1 N–H and O–H groups in total. The van der Waals surface area contributed by atoms with Crippen LogP contribution >= 0.6 is 0 Å². The molecule has 5 heteroatoms. The maximum atomic E-state index is 12.2. The summed E-state index contributed by atoms with van der Waals surface area (Å²) in [5, 5.41) is 9.10. The fourth-order valence-corrected chi connectivity index (χ4v) is 4.06. The molecule has 0 bridgehead atoms. The highest BCUT2D eigenvalue weighted by molar-refractivity contribution is 7.84. The van der Waals surface area contributed by atoms with Gasteiger partial charge >= 0.3 is 5.97 Å². The fourth-order valence-electron chi connectivity index (χ4n) is 2.37. The molecular weight excluding hydrogens is 252 g/mol. The maximum absolute atomic E-state index is 12.2. The second kappa shape index (κ2) is 5.69. The third kappa shape index (κ3) is 3.02. The largest absolute Gasteiger partial charge is 0.475 e. The van der Waals surface area contributed by atoms with Gasteiger partial charge in [0.2, 0.25) is 5.76 Å². The molecule has 0 aliphatic heterocycles. The van der Waals surface area contributed by atoms with Gasteiger partial charge < -0.3 is 9.52 Å². The van der Waals surface area contributed by atoms with Crippen molar-refractivity contribution in [3.8, 4) is 0 Å². The van der Waals surface area contributed by atoms with Crippen LogP contribution in [-0.4, -0.2) is 20.5 Å². The lowest BCUT2D eigenvalue weighted by Gasteiger charge is -2.20. The zero-order valence-corrected chi connectivity index (χ0v) is 11.3. The molecule has 1 fully saturated rings. The lowest BCUT2D eigenvalue weighted by atomic mass is 10.0. The second-order valence-electron chi connectivity index (χ2n) is 4.78. The zero-order valence-electron chi connectivity index (χ0n) is 10.5. The molecule has 2 rings (SSSR count). The van der Waals surface area contributed by atoms with E-state index < -0.39 is 16.8 Å². The molecule has 18 heavy (non-hydrogen) atoms. The van der Waals surface area contributed by atoms with Crippen LogP contribution in [0.2, 0.25) is 0 Å². The smallest absolute Gasteiger partial charge is 0.371 e. The summed E-state index contributed by atoms with van der Waals surface area (Å²) in [4.78, 5) is 10.8. The molecule has 0 radical (unpaired) electrons. The fraction of sp³-hybridized carbons (Fsp3) is 0.615. The summed E-state index contributed by atoms with van der Waals surface area (Å²) in [7, 11) is -0.921. The van der Waals surface area contributed by atoms with E-state index in [-0.39, 0.29) is 11.0 Å². The Hall–Kier alpha value is -1.10. The molecule has 1 atom stereocenters. The standard InChI is InChI=1S/C13H18O4S/c1-9-10(7-12(17-9)13(14)15)8-18(16)11-5-3-2-4-6-11/h7,11H,2-6,8H2,1H3,(H,14,15). The molecule has 0 spiro atoms. The van der Waals surface area contributed by atoms with Crippen LogP contribution < -0.4 is 0 Å². The Morgan fingerprint density at radius 1 is 1.44 bits per heavy atom. The summed E-state index contributed by atoms with van der Waals surface area (Å²) in [5.74, 6) is -0.166. The summed E-state index contributed by atoms with van der Waals surface area (Å²) in [6, 6.07) is 1.50. The topological polar surface area (TPSA) is 67.5 Å². The van der Waals surface area contributed by atoms with Gasteiger partial charge in [0.25, 0.3) is 0 Å². The molecule has 1 unspecified atom stereocenters. The van der Waals surface area contributed by atoms with E-state index in [0.717, 1.165) is 31.2 Å². The van der Waals surface area contributed by atoms with Gasteiger partial charge in [-0.1, -0.05) is 19.3 Å². The van der Waals surface area contributed by atoms with Gasteiger partial charge in [-0.3, -0.25) is 4.21 Å². The van der Waals surface area contributed by atoms with Gasteiger partial charge in [-0.25, -0.2) is 4.79 Å². The van der Waals surface area contributed by atoms with Crippen molar-refractivity contribution < 1.29 is 18.5 Å². The lowest BCUT2D eigenvalue weighted by Crippen LogP contribution is -2.19. The van der Waals surface area contributed by atoms with E-state index in [9.17, 15) is 9.00 Å². The average Bonchev–Trinajstić information content (AvgIpc) is 2.72. The first kappa shape index (κ1) is 13.3. The highest BCUT2D eigenvalue weighted by Gasteiger charge is 2.22. The van der Waals surface area contributed by atoms with Gasteiger partial charge in [-0.15, -0.1) is 0 Å². The van der Waals surface area contributed by atoms with E-state index in [1.165, 1.54) is 12.5 Å². The molecule has 0 amide bonds. The number of hydrogen-bond acceptors (Lipinski definition) is 3. The van der Waals surface area contributed by atoms with Gasteiger partial charge in [-0.05, 0) is 25.8 Å². The molecule has 1 saturated carbocycles. The number of carbonyl (C=O) groups is 1. The molecule has 0 aromatic carbocycles. The Bertz CT molecular complexity index is 458. The first-order valence-electron chi connectivity index (χ1n) is 6.27. The highest BCUT2D eigenvalue weighted by atomic mass is 32.2. The van der Waals surface area contributed by atoms with Crippen molar-refractivity contribution in [2.75, 3.05) is 0 Å². The zero-order chi connectivity index (χ0) is 13.1. The summed E-state index contributed by atoms with van der Waals surface area (Å²) in [6.07, 6.45) is 5.59. The van der Waals surface area contributed by atoms with Gasteiger partial charge in [-0.2, -0.15) is 0 Å². The number of aryl methyl sites for hydroxylation is 1. The number of hydrogen-bond donors (Lipinski definition) is 1. The molecule has 1 aromatic rings. The van der Waals surface area contributed by atoms with Crippen LogP contribution in [0, 0.1) is 6.92 Å². The quantitative estimate of drug-likeness (QED) is 0.913. The van der Waals surface area contributed by atoms with Crippen LogP contribution in [-0.2, 0) is 16.6 Å². The third-order valence-corrected chi connectivity index (χ3v) is 5.26. The minimum atomic E-state index is -1.08. The number of furan rings is 1. The first-order valence-corrected chi connectivity index (χ1v) is 7.66. The van der Waals surface area contributed by atoms with Crippen LogP contribution in [0.3, 0.4) is 0 Å². The van der Waals surface area contributed by atoms with Crippen molar-refractivity contribution in [3.05, 3.63) is 23.2 Å². The van der Waals surface area contributed by atoms with Gasteiger partial charge in [0.15, 0.2) is 0 Å². The maximum Gasteiger partial charge on any atom is 0.371 e. The normalized spacial score (nSPS) is 18.7. The van der Waals surface area contributed by atoms with E-state index in [4.69, 9.17) is 9.52 Å². The molecule has 1 aliphatic carbocycles. The molecule has 0 saturated heterocycles. The van der Waals surface area contributed by atoms with Crippen LogP contribution in [0.25, 0.3) is 0 Å². The van der Waals surface area contributed by atoms with Gasteiger partial charge in [0, 0.05) is 21.6 Å². The van der Waals surface area contributed by atoms with E-state index in [0.29, 0.717) is 11.5 Å². The van der Waals surface area contributed by atoms with E-state index in [1.807, 2.05) is 0 Å². The van der Waals surface area contributed by atoms with Crippen molar-refractivity contribution >= 4 is 16.8 Å². The number of rotatable bonds is 4. The predicted molar refractivity (Wildman–Crippen MR) is 69.1 cm³/mol. The summed E-state index contributed by atoms with van der Waals surface area (Å²) in [6.45, 7) is 1.72.